The summed E-state index contributed by atoms with van der Waals surface area (Å²) in [5.74, 6) is -1.07. The van der Waals surface area contributed by atoms with Crippen molar-refractivity contribution in [2.75, 3.05) is 11.9 Å². The first-order valence-electron chi connectivity index (χ1n) is 9.78. The summed E-state index contributed by atoms with van der Waals surface area (Å²) in [4.78, 5) is 40.6. The smallest absolute Gasteiger partial charge is 0.306 e. The summed E-state index contributed by atoms with van der Waals surface area (Å²) in [6.45, 7) is -0.378. The molecule has 30 heavy (non-hydrogen) atoms. The number of esters is 1. The Morgan fingerprint density at radius 1 is 1.10 bits per heavy atom. The number of carbonyl (C=O) groups excluding carboxylic acids is 3. The lowest BCUT2D eigenvalue weighted by molar-refractivity contribution is -0.147. The van der Waals surface area contributed by atoms with Gasteiger partial charge in [-0.1, -0.05) is 18.2 Å². The van der Waals surface area contributed by atoms with Crippen LogP contribution in [0.5, 0.6) is 0 Å². The van der Waals surface area contributed by atoms with E-state index in [4.69, 9.17) is 4.74 Å². The number of hydrogen-bond acceptors (Lipinski definition) is 6. The number of hydrogen-bond donors (Lipinski definition) is 2. The number of aromatic nitrogens is 1. The van der Waals surface area contributed by atoms with Crippen molar-refractivity contribution in [3.63, 3.8) is 0 Å². The third kappa shape index (κ3) is 5.42. The molecule has 4 rings (SSSR count). The van der Waals surface area contributed by atoms with Crippen LogP contribution in [-0.4, -0.2) is 35.4 Å². The number of amides is 2. The average Bonchev–Trinajstić information content (AvgIpc) is 3.46. The molecule has 154 valence electrons. The van der Waals surface area contributed by atoms with Crippen molar-refractivity contribution in [3.8, 4) is 0 Å². The van der Waals surface area contributed by atoms with Gasteiger partial charge < -0.3 is 15.4 Å². The first-order chi connectivity index (χ1) is 14.6. The largest absolute Gasteiger partial charge is 0.456 e. The molecule has 8 heteroatoms. The van der Waals surface area contributed by atoms with Gasteiger partial charge in [0.25, 0.3) is 11.8 Å². The molecule has 1 fully saturated rings. The summed E-state index contributed by atoms with van der Waals surface area (Å²) in [6.07, 6.45) is 2.64. The average molecular weight is 423 g/mol. The Kier molecular flexibility index (Phi) is 6.04. The van der Waals surface area contributed by atoms with Gasteiger partial charge in [-0.05, 0) is 43.2 Å². The fourth-order valence-corrected chi connectivity index (χ4v) is 3.85. The maximum absolute atomic E-state index is 12.1. The van der Waals surface area contributed by atoms with Gasteiger partial charge in [-0.2, -0.15) is 0 Å². The lowest BCUT2D eigenvalue weighted by atomic mass is 10.2. The van der Waals surface area contributed by atoms with Crippen molar-refractivity contribution in [2.45, 2.75) is 31.7 Å². The molecule has 0 bridgehead atoms. The van der Waals surface area contributed by atoms with E-state index < -0.39 is 11.9 Å². The fraction of sp³-hybridized carbons (Fsp3) is 0.273. The van der Waals surface area contributed by atoms with Crippen LogP contribution < -0.4 is 10.6 Å². The van der Waals surface area contributed by atoms with Gasteiger partial charge in [0.2, 0.25) is 0 Å². The van der Waals surface area contributed by atoms with Crippen molar-refractivity contribution >= 4 is 45.0 Å². The number of aryl methyl sites for hydroxylation is 1. The molecule has 1 aliphatic rings. The molecule has 0 radical (unpaired) electrons. The molecule has 2 N–H and O–H groups in total. The molecule has 0 saturated heterocycles. The monoisotopic (exact) mass is 423 g/mol. The topological polar surface area (TPSA) is 97.4 Å². The summed E-state index contributed by atoms with van der Waals surface area (Å²) in [6, 6.07) is 14.7. The Morgan fingerprint density at radius 2 is 1.93 bits per heavy atom. The van der Waals surface area contributed by atoms with E-state index in [1.165, 1.54) is 0 Å². The predicted molar refractivity (Wildman–Crippen MR) is 114 cm³/mol. The molecule has 1 aliphatic carbocycles. The van der Waals surface area contributed by atoms with Crippen molar-refractivity contribution in [1.82, 2.24) is 10.3 Å². The quantitative estimate of drug-likeness (QED) is 0.542. The minimum atomic E-state index is -0.457. The normalized spacial score (nSPS) is 13.1. The molecular weight excluding hydrogens is 402 g/mol. The van der Waals surface area contributed by atoms with Crippen LogP contribution in [0.15, 0.2) is 48.5 Å². The summed E-state index contributed by atoms with van der Waals surface area (Å²) in [5.41, 5.74) is 1.87. The van der Waals surface area contributed by atoms with E-state index in [2.05, 4.69) is 15.6 Å². The third-order valence-electron chi connectivity index (χ3n) is 4.57. The number of fused-ring (bicyclic) bond motifs is 1. The van der Waals surface area contributed by atoms with Gasteiger partial charge in [-0.3, -0.25) is 14.4 Å². The Labute approximate surface area is 177 Å². The van der Waals surface area contributed by atoms with Crippen LogP contribution in [0.4, 0.5) is 5.69 Å². The number of nitrogens with zero attached hydrogens (tertiary/aromatic N) is 1. The molecule has 1 heterocycles. The predicted octanol–water partition coefficient (Wildman–Crippen LogP) is 3.30. The number of carbonyl (C=O) groups is 3. The molecule has 0 spiro atoms. The van der Waals surface area contributed by atoms with Crippen molar-refractivity contribution in [1.29, 1.82) is 0 Å². The number of benzene rings is 2. The highest BCUT2D eigenvalue weighted by atomic mass is 32.1. The zero-order valence-electron chi connectivity index (χ0n) is 16.2. The second-order valence-corrected chi connectivity index (χ2v) is 8.23. The van der Waals surface area contributed by atoms with Crippen LogP contribution in [0.1, 0.15) is 34.6 Å². The van der Waals surface area contributed by atoms with Crippen LogP contribution in [0.25, 0.3) is 10.2 Å². The molecule has 0 atom stereocenters. The number of thiazole rings is 1. The molecule has 1 aromatic heterocycles. The SMILES string of the molecule is O=C(COC(=O)CCc1nc2ccccc2s1)Nc1cccc(C(=O)NC2CC2)c1. The van der Waals surface area contributed by atoms with Gasteiger partial charge in [0.05, 0.1) is 21.6 Å². The number of ether oxygens (including phenoxy) is 1. The molecule has 2 amide bonds. The lowest BCUT2D eigenvalue weighted by Gasteiger charge is -2.08. The van der Waals surface area contributed by atoms with Crippen LogP contribution in [0.2, 0.25) is 0 Å². The minimum Gasteiger partial charge on any atom is -0.456 e. The standard InChI is InChI=1S/C22H21N3O4S/c26-19(23-16-5-3-4-14(12-16)22(28)24-15-8-9-15)13-29-21(27)11-10-20-25-17-6-1-2-7-18(17)30-20/h1-7,12,15H,8-11,13H2,(H,23,26)(H,24,28). The highest BCUT2D eigenvalue weighted by molar-refractivity contribution is 7.18. The van der Waals surface area contributed by atoms with E-state index in [-0.39, 0.29) is 25.0 Å². The first kappa shape index (κ1) is 20.0. The number of para-hydroxylation sites is 1. The van der Waals surface area contributed by atoms with Gasteiger partial charge in [-0.15, -0.1) is 11.3 Å². The minimum absolute atomic E-state index is 0.157. The lowest BCUT2D eigenvalue weighted by Crippen LogP contribution is -2.25. The molecule has 1 saturated carbocycles. The van der Waals surface area contributed by atoms with Crippen molar-refractivity contribution < 1.29 is 19.1 Å². The number of anilines is 1. The Hall–Kier alpha value is -3.26. The second kappa shape index (κ2) is 9.04. The van der Waals surface area contributed by atoms with Gasteiger partial charge in [0.15, 0.2) is 6.61 Å². The Bertz CT molecular complexity index is 1060. The highest BCUT2D eigenvalue weighted by Crippen LogP contribution is 2.22. The Balaban J connectivity index is 1.22. The van der Waals surface area contributed by atoms with Crippen LogP contribution in [0, 0.1) is 0 Å². The first-order valence-corrected chi connectivity index (χ1v) is 10.6. The van der Waals surface area contributed by atoms with E-state index in [1.807, 2.05) is 24.3 Å². The molecular formula is C22H21N3O4S. The maximum atomic E-state index is 12.1. The molecule has 2 aromatic carbocycles. The van der Waals surface area contributed by atoms with Gasteiger partial charge in [0.1, 0.15) is 0 Å². The summed E-state index contributed by atoms with van der Waals surface area (Å²) in [5, 5.41) is 6.41. The van der Waals surface area contributed by atoms with Crippen molar-refractivity contribution in [2.24, 2.45) is 0 Å². The zero-order valence-corrected chi connectivity index (χ0v) is 17.0. The van der Waals surface area contributed by atoms with Crippen LogP contribution in [0.3, 0.4) is 0 Å². The summed E-state index contributed by atoms with van der Waals surface area (Å²) < 4.78 is 6.13. The van der Waals surface area contributed by atoms with E-state index in [0.29, 0.717) is 17.7 Å². The van der Waals surface area contributed by atoms with E-state index in [9.17, 15) is 14.4 Å². The molecule has 0 aliphatic heterocycles. The highest BCUT2D eigenvalue weighted by Gasteiger charge is 2.23. The maximum Gasteiger partial charge on any atom is 0.306 e. The van der Waals surface area contributed by atoms with Gasteiger partial charge in [0, 0.05) is 23.7 Å². The van der Waals surface area contributed by atoms with Crippen molar-refractivity contribution in [3.05, 3.63) is 59.1 Å². The summed E-state index contributed by atoms with van der Waals surface area (Å²) in [7, 11) is 0. The second-order valence-electron chi connectivity index (χ2n) is 7.11. The number of rotatable bonds is 8. The van der Waals surface area contributed by atoms with Gasteiger partial charge >= 0.3 is 5.97 Å². The van der Waals surface area contributed by atoms with Crippen LogP contribution >= 0.6 is 11.3 Å². The molecule has 0 unspecified atom stereocenters. The van der Waals surface area contributed by atoms with E-state index >= 15 is 0 Å². The number of nitrogens with one attached hydrogen (secondary N) is 2. The van der Waals surface area contributed by atoms with Gasteiger partial charge in [-0.25, -0.2) is 4.98 Å². The Morgan fingerprint density at radius 3 is 2.73 bits per heavy atom. The zero-order chi connectivity index (χ0) is 20.9. The molecule has 7 nitrogen and oxygen atoms in total. The molecule has 3 aromatic rings. The van der Waals surface area contributed by atoms with E-state index in [1.54, 1.807) is 35.6 Å². The fourth-order valence-electron chi connectivity index (χ4n) is 2.89. The summed E-state index contributed by atoms with van der Waals surface area (Å²) >= 11 is 1.55. The van der Waals surface area contributed by atoms with E-state index in [0.717, 1.165) is 28.1 Å². The third-order valence-corrected chi connectivity index (χ3v) is 5.66. The van der Waals surface area contributed by atoms with Crippen LogP contribution in [-0.2, 0) is 20.7 Å².